The van der Waals surface area contributed by atoms with Crippen LogP contribution in [-0.4, -0.2) is 63.6 Å². The Morgan fingerprint density at radius 2 is 1.54 bits per heavy atom. The number of aromatic nitrogens is 2. The van der Waals surface area contributed by atoms with Crippen LogP contribution in [-0.2, 0) is 22.7 Å². The first kappa shape index (κ1) is 27.4. The Morgan fingerprint density at radius 1 is 0.846 bits per heavy atom. The second kappa shape index (κ2) is 13.2. The van der Waals surface area contributed by atoms with Crippen LogP contribution in [0.1, 0.15) is 70.3 Å². The number of hydrogen-bond acceptors (Lipinski definition) is 4. The van der Waals surface area contributed by atoms with Crippen molar-refractivity contribution in [3.63, 3.8) is 0 Å². The number of carbonyl (C=O) groups is 2. The monoisotopic (exact) mass is 529 g/mol. The van der Waals surface area contributed by atoms with Crippen molar-refractivity contribution >= 4 is 28.4 Å². The van der Waals surface area contributed by atoms with Gasteiger partial charge in [-0.2, -0.15) is 5.10 Å². The average molecular weight is 530 g/mol. The summed E-state index contributed by atoms with van der Waals surface area (Å²) in [6.07, 6.45) is 11.5. The largest absolute Gasteiger partial charge is 0.343 e. The first-order valence-corrected chi connectivity index (χ1v) is 14.9. The van der Waals surface area contributed by atoms with Crippen molar-refractivity contribution in [2.75, 3.05) is 31.1 Å². The summed E-state index contributed by atoms with van der Waals surface area (Å²) >= 11 is 0. The first-order valence-electron chi connectivity index (χ1n) is 14.9. The number of carbonyl (C=O) groups excluding carboxylic acids is 2. The number of para-hydroxylation sites is 2. The van der Waals surface area contributed by atoms with Gasteiger partial charge in [0, 0.05) is 56.6 Å². The van der Waals surface area contributed by atoms with E-state index in [0.717, 1.165) is 68.6 Å². The minimum absolute atomic E-state index is 0.124. The molecule has 0 radical (unpaired) electrons. The molecule has 2 aliphatic rings. The molecule has 7 nitrogen and oxygen atoms in total. The van der Waals surface area contributed by atoms with Crippen molar-refractivity contribution in [2.24, 2.45) is 0 Å². The molecular formula is C32H43N5O2. The van der Waals surface area contributed by atoms with Crippen LogP contribution >= 0.6 is 0 Å². The Hall–Kier alpha value is -3.19. The van der Waals surface area contributed by atoms with Gasteiger partial charge in [-0.3, -0.25) is 19.2 Å². The van der Waals surface area contributed by atoms with E-state index in [9.17, 15) is 9.59 Å². The number of fused-ring (bicyclic) bond motifs is 2. The maximum atomic E-state index is 13.1. The third kappa shape index (κ3) is 6.88. The topological polar surface area (TPSA) is 61.7 Å². The summed E-state index contributed by atoms with van der Waals surface area (Å²) in [6.45, 7) is 6.63. The van der Waals surface area contributed by atoms with E-state index < -0.39 is 0 Å². The van der Waals surface area contributed by atoms with Crippen LogP contribution in [0, 0.1) is 0 Å². The molecule has 208 valence electrons. The second-order valence-corrected chi connectivity index (χ2v) is 11.2. The van der Waals surface area contributed by atoms with E-state index in [2.05, 4.69) is 40.3 Å². The fourth-order valence-electron chi connectivity index (χ4n) is 6.30. The van der Waals surface area contributed by atoms with Crippen LogP contribution in [0.3, 0.4) is 0 Å². The highest BCUT2D eigenvalue weighted by Gasteiger charge is 2.28. The third-order valence-electron chi connectivity index (χ3n) is 8.54. The van der Waals surface area contributed by atoms with Gasteiger partial charge in [0.05, 0.1) is 18.3 Å². The van der Waals surface area contributed by atoms with Crippen molar-refractivity contribution in [3.05, 3.63) is 60.3 Å². The lowest BCUT2D eigenvalue weighted by molar-refractivity contribution is -0.133. The molecule has 0 N–H and O–H groups in total. The van der Waals surface area contributed by atoms with E-state index in [1.807, 2.05) is 38.9 Å². The van der Waals surface area contributed by atoms with Gasteiger partial charge in [-0.15, -0.1) is 0 Å². The van der Waals surface area contributed by atoms with Crippen LogP contribution in [0.2, 0.25) is 0 Å². The van der Waals surface area contributed by atoms with Crippen molar-refractivity contribution in [1.29, 1.82) is 0 Å². The minimum atomic E-state index is 0.124. The molecule has 39 heavy (non-hydrogen) atoms. The van der Waals surface area contributed by atoms with E-state index in [-0.39, 0.29) is 11.8 Å². The van der Waals surface area contributed by atoms with E-state index >= 15 is 0 Å². The molecule has 0 unspecified atom stereocenters. The average Bonchev–Trinajstić information content (AvgIpc) is 3.38. The smallest absolute Gasteiger partial charge is 0.224 e. The standard InChI is InChI=1S/C32H43N5O2/c1-26(38)36-20-11-5-3-2-4-10-19-35(25-28-13-7-8-14-30(28)36)29-16-21-34(22-17-29)32(39)18-23-37-31-15-9-6-12-27(31)24-33-37/h6-9,12-15,24,29H,2-5,10-11,16-23,25H2,1H3. The van der Waals surface area contributed by atoms with Gasteiger partial charge in [0.1, 0.15) is 0 Å². The summed E-state index contributed by atoms with van der Waals surface area (Å²) in [7, 11) is 0. The molecule has 0 bridgehead atoms. The summed E-state index contributed by atoms with van der Waals surface area (Å²) in [6, 6.07) is 17.0. The molecule has 2 aliphatic heterocycles. The third-order valence-corrected chi connectivity index (χ3v) is 8.54. The summed E-state index contributed by atoms with van der Waals surface area (Å²) < 4.78 is 1.95. The van der Waals surface area contributed by atoms with E-state index in [0.29, 0.717) is 19.0 Å². The molecule has 0 atom stereocenters. The number of amides is 2. The first-order chi connectivity index (χ1) is 19.1. The highest BCUT2D eigenvalue weighted by molar-refractivity contribution is 5.92. The fraction of sp³-hybridized carbons (Fsp3) is 0.531. The highest BCUT2D eigenvalue weighted by atomic mass is 16.2. The van der Waals surface area contributed by atoms with Gasteiger partial charge in [0.2, 0.25) is 11.8 Å². The molecule has 3 aromatic rings. The van der Waals surface area contributed by atoms with Crippen LogP contribution in [0.4, 0.5) is 5.69 Å². The van der Waals surface area contributed by atoms with Crippen LogP contribution < -0.4 is 4.90 Å². The Balaban J connectivity index is 1.22. The van der Waals surface area contributed by atoms with Crippen LogP contribution in [0.15, 0.2) is 54.7 Å². The summed E-state index contributed by atoms with van der Waals surface area (Å²) in [5, 5.41) is 5.60. The molecule has 0 spiro atoms. The zero-order chi connectivity index (χ0) is 27.0. The van der Waals surface area contributed by atoms with Crippen molar-refractivity contribution in [2.45, 2.75) is 83.8 Å². The summed E-state index contributed by atoms with van der Waals surface area (Å²) in [5.41, 5.74) is 3.38. The summed E-state index contributed by atoms with van der Waals surface area (Å²) in [4.78, 5) is 32.4. The molecule has 0 aliphatic carbocycles. The number of likely N-dealkylation sites (tertiary alicyclic amines) is 1. The predicted molar refractivity (Wildman–Crippen MR) is 157 cm³/mol. The lowest BCUT2D eigenvalue weighted by atomic mass is 10.0. The maximum absolute atomic E-state index is 13.1. The van der Waals surface area contributed by atoms with E-state index in [4.69, 9.17) is 0 Å². The predicted octanol–water partition coefficient (Wildman–Crippen LogP) is 5.63. The molecule has 3 heterocycles. The molecule has 5 rings (SSSR count). The van der Waals surface area contributed by atoms with Gasteiger partial charge in [-0.05, 0) is 49.9 Å². The number of benzene rings is 2. The number of nitrogens with zero attached hydrogens (tertiary/aromatic N) is 5. The molecule has 1 fully saturated rings. The quantitative estimate of drug-likeness (QED) is 0.440. The second-order valence-electron chi connectivity index (χ2n) is 11.2. The number of rotatable bonds is 4. The van der Waals surface area contributed by atoms with Crippen molar-refractivity contribution in [1.82, 2.24) is 19.6 Å². The Labute approximate surface area is 232 Å². The van der Waals surface area contributed by atoms with Crippen molar-refractivity contribution in [3.8, 4) is 0 Å². The number of aryl methyl sites for hydroxylation is 1. The summed E-state index contributed by atoms with van der Waals surface area (Å²) in [5.74, 6) is 0.347. The zero-order valence-corrected chi connectivity index (χ0v) is 23.4. The van der Waals surface area contributed by atoms with Crippen LogP contribution in [0.5, 0.6) is 0 Å². The molecule has 2 amide bonds. The van der Waals surface area contributed by atoms with Gasteiger partial charge < -0.3 is 9.80 Å². The molecule has 0 saturated carbocycles. The molecule has 1 aromatic heterocycles. The Bertz CT molecular complexity index is 1250. The van der Waals surface area contributed by atoms with E-state index in [1.54, 1.807) is 6.92 Å². The zero-order valence-electron chi connectivity index (χ0n) is 23.4. The minimum Gasteiger partial charge on any atom is -0.343 e. The normalized spacial score (nSPS) is 18.7. The fourth-order valence-corrected chi connectivity index (χ4v) is 6.30. The Morgan fingerprint density at radius 3 is 2.33 bits per heavy atom. The van der Waals surface area contributed by atoms with Crippen molar-refractivity contribution < 1.29 is 9.59 Å². The SMILES string of the molecule is CC(=O)N1CCCCCCCCN(C2CCN(C(=O)CCn3ncc4ccccc43)CC2)Cc2ccccc21. The maximum Gasteiger partial charge on any atom is 0.224 e. The molecule has 7 heteroatoms. The van der Waals surface area contributed by atoms with Gasteiger partial charge in [-0.1, -0.05) is 62.1 Å². The van der Waals surface area contributed by atoms with Gasteiger partial charge in [0.25, 0.3) is 0 Å². The van der Waals surface area contributed by atoms with Gasteiger partial charge >= 0.3 is 0 Å². The molecule has 2 aromatic carbocycles. The molecule has 1 saturated heterocycles. The van der Waals surface area contributed by atoms with Gasteiger partial charge in [-0.25, -0.2) is 0 Å². The lowest BCUT2D eigenvalue weighted by Gasteiger charge is -2.39. The van der Waals surface area contributed by atoms with Gasteiger partial charge in [0.15, 0.2) is 0 Å². The number of piperidine rings is 1. The highest BCUT2D eigenvalue weighted by Crippen LogP contribution is 2.27. The number of hydrogen-bond donors (Lipinski definition) is 0. The molecular weight excluding hydrogens is 486 g/mol. The Kier molecular flexibility index (Phi) is 9.30. The number of anilines is 1. The van der Waals surface area contributed by atoms with E-state index in [1.165, 1.54) is 37.7 Å². The lowest BCUT2D eigenvalue weighted by Crippen LogP contribution is -2.47. The van der Waals surface area contributed by atoms with Crippen LogP contribution in [0.25, 0.3) is 10.9 Å².